The lowest BCUT2D eigenvalue weighted by molar-refractivity contribution is 0.0997. The third-order valence-corrected chi connectivity index (χ3v) is 3.78. The molecule has 0 saturated heterocycles. The first-order valence-corrected chi connectivity index (χ1v) is 7.40. The van der Waals surface area contributed by atoms with Crippen molar-refractivity contribution in [3.8, 4) is 0 Å². The van der Waals surface area contributed by atoms with Crippen molar-refractivity contribution in [3.05, 3.63) is 35.4 Å². The highest BCUT2D eigenvalue weighted by atomic mass is 16.3. The van der Waals surface area contributed by atoms with E-state index in [2.05, 4.69) is 63.8 Å². The molecular weight excluding hydrogens is 234 g/mol. The molecule has 0 aliphatic rings. The van der Waals surface area contributed by atoms with E-state index in [9.17, 15) is 5.11 Å². The molecule has 2 nitrogen and oxygen atoms in total. The molecule has 0 radical (unpaired) electrons. The second kappa shape index (κ2) is 7.06. The second-order valence-electron chi connectivity index (χ2n) is 6.15. The van der Waals surface area contributed by atoms with Crippen LogP contribution in [0, 0.1) is 0 Å². The molecule has 0 heterocycles. The number of aliphatic hydroxyl groups is 1. The normalized spacial score (nSPS) is 13.8. The third kappa shape index (κ3) is 4.96. The topological polar surface area (TPSA) is 23.5 Å². The summed E-state index contributed by atoms with van der Waals surface area (Å²) in [6.45, 7) is 12.9. The Morgan fingerprint density at radius 2 is 1.68 bits per heavy atom. The van der Waals surface area contributed by atoms with Crippen LogP contribution in [0.3, 0.4) is 0 Å². The fourth-order valence-corrected chi connectivity index (χ4v) is 2.39. The molecule has 0 fully saturated rings. The van der Waals surface area contributed by atoms with Gasteiger partial charge in [-0.05, 0) is 51.3 Å². The summed E-state index contributed by atoms with van der Waals surface area (Å²) >= 11 is 0. The van der Waals surface area contributed by atoms with Gasteiger partial charge in [-0.25, -0.2) is 0 Å². The maximum Gasteiger partial charge on any atom is 0.0802 e. The molecule has 0 spiro atoms. The Bertz CT molecular complexity index is 364. The average molecular weight is 263 g/mol. The minimum Gasteiger partial charge on any atom is -0.388 e. The number of rotatable bonds is 6. The van der Waals surface area contributed by atoms with E-state index >= 15 is 0 Å². The van der Waals surface area contributed by atoms with Crippen molar-refractivity contribution < 1.29 is 5.11 Å². The van der Waals surface area contributed by atoms with Gasteiger partial charge in [0.1, 0.15) is 0 Å². The quantitative estimate of drug-likeness (QED) is 0.844. The molecule has 1 N–H and O–H groups in total. The Hall–Kier alpha value is -0.860. The number of benzene rings is 1. The van der Waals surface area contributed by atoms with E-state index in [1.807, 2.05) is 0 Å². The zero-order chi connectivity index (χ0) is 14.5. The summed E-state index contributed by atoms with van der Waals surface area (Å²) in [6.07, 6.45) is 1.47. The first-order valence-electron chi connectivity index (χ1n) is 7.40. The van der Waals surface area contributed by atoms with Crippen molar-refractivity contribution in [2.75, 3.05) is 13.1 Å². The number of nitrogens with zero attached hydrogens (tertiary/aromatic N) is 1. The molecule has 0 amide bonds. The minimum atomic E-state index is -0.359. The van der Waals surface area contributed by atoms with Crippen LogP contribution in [0.2, 0.25) is 0 Å². The van der Waals surface area contributed by atoms with Gasteiger partial charge in [-0.2, -0.15) is 0 Å². The predicted molar refractivity (Wildman–Crippen MR) is 82.4 cm³/mol. The third-order valence-electron chi connectivity index (χ3n) is 3.78. The highest BCUT2D eigenvalue weighted by Gasteiger charge is 2.20. The van der Waals surface area contributed by atoms with Crippen LogP contribution in [-0.2, 0) is 6.42 Å². The largest absolute Gasteiger partial charge is 0.388 e. The van der Waals surface area contributed by atoms with Gasteiger partial charge in [0.05, 0.1) is 6.10 Å². The molecule has 1 atom stereocenters. The smallest absolute Gasteiger partial charge is 0.0802 e. The Morgan fingerprint density at radius 3 is 2.11 bits per heavy atom. The zero-order valence-electron chi connectivity index (χ0n) is 13.1. The van der Waals surface area contributed by atoms with Gasteiger partial charge in [-0.1, -0.05) is 38.1 Å². The molecule has 19 heavy (non-hydrogen) atoms. The number of aliphatic hydroxyl groups excluding tert-OH is 1. The van der Waals surface area contributed by atoms with Gasteiger partial charge in [0.15, 0.2) is 0 Å². The van der Waals surface area contributed by atoms with Gasteiger partial charge in [-0.3, -0.25) is 4.90 Å². The van der Waals surface area contributed by atoms with Gasteiger partial charge in [0, 0.05) is 12.1 Å². The summed E-state index contributed by atoms with van der Waals surface area (Å²) in [6, 6.07) is 8.33. The zero-order valence-corrected chi connectivity index (χ0v) is 13.1. The molecule has 0 aliphatic carbocycles. The van der Waals surface area contributed by atoms with Crippen molar-refractivity contribution >= 4 is 0 Å². The van der Waals surface area contributed by atoms with Gasteiger partial charge in [0.25, 0.3) is 0 Å². The molecule has 0 bridgehead atoms. The van der Waals surface area contributed by atoms with E-state index in [1.54, 1.807) is 0 Å². The van der Waals surface area contributed by atoms with Crippen molar-refractivity contribution in [3.63, 3.8) is 0 Å². The van der Waals surface area contributed by atoms with Crippen LogP contribution in [0.1, 0.15) is 58.3 Å². The summed E-state index contributed by atoms with van der Waals surface area (Å²) in [4.78, 5) is 2.40. The summed E-state index contributed by atoms with van der Waals surface area (Å²) in [7, 11) is 0. The predicted octanol–water partition coefficient (Wildman–Crippen LogP) is 3.79. The van der Waals surface area contributed by atoms with Crippen LogP contribution < -0.4 is 0 Å². The van der Waals surface area contributed by atoms with E-state index in [4.69, 9.17) is 0 Å². The lowest BCUT2D eigenvalue weighted by Crippen LogP contribution is -2.42. The van der Waals surface area contributed by atoms with Crippen LogP contribution >= 0.6 is 0 Å². The van der Waals surface area contributed by atoms with Gasteiger partial charge in [0.2, 0.25) is 0 Å². The highest BCUT2D eigenvalue weighted by Crippen LogP contribution is 2.20. The van der Waals surface area contributed by atoms with Crippen LogP contribution in [0.5, 0.6) is 0 Å². The maximum absolute atomic E-state index is 10.3. The number of aryl methyl sites for hydroxylation is 1. The lowest BCUT2D eigenvalue weighted by atomic mass is 10.0. The van der Waals surface area contributed by atoms with E-state index < -0.39 is 0 Å². The van der Waals surface area contributed by atoms with Crippen LogP contribution in [-0.4, -0.2) is 28.6 Å². The van der Waals surface area contributed by atoms with E-state index in [0.29, 0.717) is 0 Å². The molecule has 0 aromatic heterocycles. The molecular formula is C17H29NO. The molecule has 1 unspecified atom stereocenters. The summed E-state index contributed by atoms with van der Waals surface area (Å²) in [5.41, 5.74) is 2.52. The number of hydrogen-bond acceptors (Lipinski definition) is 2. The molecule has 108 valence electrons. The molecule has 2 heteroatoms. The van der Waals surface area contributed by atoms with Crippen molar-refractivity contribution in [2.45, 2.75) is 59.1 Å². The first-order chi connectivity index (χ1) is 8.88. The SMILES string of the molecule is CCc1ccc(C(O)CCN(CC)C(C)(C)C)cc1. The van der Waals surface area contributed by atoms with Gasteiger partial charge in [-0.15, -0.1) is 0 Å². The standard InChI is InChI=1S/C17H29NO/c1-6-14-8-10-15(11-9-14)16(19)12-13-18(7-2)17(3,4)5/h8-11,16,19H,6-7,12-13H2,1-5H3. The van der Waals surface area contributed by atoms with Crippen molar-refractivity contribution in [1.82, 2.24) is 4.90 Å². The molecule has 0 saturated carbocycles. The lowest BCUT2D eigenvalue weighted by Gasteiger charge is -2.35. The fourth-order valence-electron chi connectivity index (χ4n) is 2.39. The summed E-state index contributed by atoms with van der Waals surface area (Å²) in [5, 5.41) is 10.3. The molecule has 1 aromatic rings. The minimum absolute atomic E-state index is 0.167. The van der Waals surface area contributed by atoms with Crippen LogP contribution in [0.15, 0.2) is 24.3 Å². The van der Waals surface area contributed by atoms with E-state index in [0.717, 1.165) is 31.5 Å². The number of hydrogen-bond donors (Lipinski definition) is 1. The second-order valence-corrected chi connectivity index (χ2v) is 6.15. The Labute approximate surface area is 118 Å². The van der Waals surface area contributed by atoms with E-state index in [-0.39, 0.29) is 11.6 Å². The highest BCUT2D eigenvalue weighted by molar-refractivity contribution is 5.24. The first kappa shape index (κ1) is 16.2. The Kier molecular flexibility index (Phi) is 6.02. The van der Waals surface area contributed by atoms with Gasteiger partial charge >= 0.3 is 0 Å². The molecule has 0 aliphatic heterocycles. The van der Waals surface area contributed by atoms with Crippen LogP contribution in [0.25, 0.3) is 0 Å². The molecule has 1 aromatic carbocycles. The van der Waals surface area contributed by atoms with Crippen LogP contribution in [0.4, 0.5) is 0 Å². The van der Waals surface area contributed by atoms with Gasteiger partial charge < -0.3 is 5.11 Å². The molecule has 1 rings (SSSR count). The van der Waals surface area contributed by atoms with Crippen molar-refractivity contribution in [1.29, 1.82) is 0 Å². The maximum atomic E-state index is 10.3. The van der Waals surface area contributed by atoms with Crippen molar-refractivity contribution in [2.24, 2.45) is 0 Å². The van der Waals surface area contributed by atoms with E-state index in [1.165, 1.54) is 5.56 Å². The fraction of sp³-hybridized carbons (Fsp3) is 0.647. The Balaban J connectivity index is 2.56. The monoisotopic (exact) mass is 263 g/mol. The summed E-state index contributed by atoms with van der Waals surface area (Å²) < 4.78 is 0. The Morgan fingerprint density at radius 1 is 1.11 bits per heavy atom. The summed E-state index contributed by atoms with van der Waals surface area (Å²) in [5.74, 6) is 0. The average Bonchev–Trinajstić information content (AvgIpc) is 2.37.